The molecule has 1 unspecified atom stereocenters. The van der Waals surface area contributed by atoms with Crippen molar-refractivity contribution in [3.05, 3.63) is 82.1 Å². The van der Waals surface area contributed by atoms with Gasteiger partial charge in [-0.3, -0.25) is 4.79 Å². The minimum absolute atomic E-state index is 0.0108. The number of alkyl halides is 3. The lowest BCUT2D eigenvalue weighted by Gasteiger charge is -2.43. The number of nitrogens with one attached hydrogen (secondary N) is 1. The van der Waals surface area contributed by atoms with Gasteiger partial charge in [0.25, 0.3) is 0 Å². The van der Waals surface area contributed by atoms with E-state index in [1.165, 1.54) is 37.4 Å². The Bertz CT molecular complexity index is 1050. The quantitative estimate of drug-likeness (QED) is 0.298. The number of hydrogen-bond donors (Lipinski definition) is 2. The highest BCUT2D eigenvalue weighted by molar-refractivity contribution is 6.42. The molecule has 0 spiro atoms. The average Bonchev–Trinajstić information content (AvgIpc) is 2.73. The predicted octanol–water partition coefficient (Wildman–Crippen LogP) is 6.37. The molecule has 184 valence electrons. The largest absolute Gasteiger partial charge is 0.465 e. The standard InChI is InChI=1S/C23H22Cl2F4N2O3/c1-3-10-22(15-6-9-17(24)18(25)11-15,13-31(2)19(32)12-23(27,28)29)20(30-21(33)34)14-4-7-16(26)8-5-14/h3-9,11,20,30H,1,10,12-13H2,2H3,(H,33,34)/t20?,22-/m1/s1. The number of carboxylic acid groups (broad SMARTS) is 1. The van der Waals surface area contributed by atoms with Crippen molar-refractivity contribution in [3.8, 4) is 0 Å². The van der Waals surface area contributed by atoms with Crippen molar-refractivity contribution in [2.75, 3.05) is 13.6 Å². The number of benzene rings is 2. The van der Waals surface area contributed by atoms with Crippen LogP contribution in [0.2, 0.25) is 10.0 Å². The molecule has 34 heavy (non-hydrogen) atoms. The third kappa shape index (κ3) is 6.87. The summed E-state index contributed by atoms with van der Waals surface area (Å²) in [6.45, 7) is 3.36. The first-order valence-corrected chi connectivity index (χ1v) is 10.7. The zero-order chi connectivity index (χ0) is 25.7. The fourth-order valence-electron chi connectivity index (χ4n) is 3.85. The molecule has 0 bridgehead atoms. The normalized spacial score (nSPS) is 14.1. The molecule has 5 nitrogen and oxygen atoms in total. The van der Waals surface area contributed by atoms with Crippen LogP contribution >= 0.6 is 23.2 Å². The molecule has 0 aliphatic rings. The summed E-state index contributed by atoms with van der Waals surface area (Å²) >= 11 is 12.3. The summed E-state index contributed by atoms with van der Waals surface area (Å²) in [5.41, 5.74) is -0.688. The predicted molar refractivity (Wildman–Crippen MR) is 122 cm³/mol. The molecule has 2 aromatic carbocycles. The lowest BCUT2D eigenvalue weighted by molar-refractivity contribution is -0.161. The van der Waals surface area contributed by atoms with Gasteiger partial charge in [0.1, 0.15) is 12.2 Å². The Labute approximate surface area is 204 Å². The molecule has 0 saturated carbocycles. The molecule has 0 aromatic heterocycles. The van der Waals surface area contributed by atoms with Crippen molar-refractivity contribution in [2.24, 2.45) is 0 Å². The molecule has 2 atom stereocenters. The summed E-state index contributed by atoms with van der Waals surface area (Å²) in [7, 11) is 1.19. The third-order valence-corrected chi connectivity index (χ3v) is 6.06. The Balaban J connectivity index is 2.74. The van der Waals surface area contributed by atoms with Crippen molar-refractivity contribution in [3.63, 3.8) is 0 Å². The molecule has 2 rings (SSSR count). The highest BCUT2D eigenvalue weighted by Crippen LogP contribution is 2.43. The number of carbonyl (C=O) groups excluding carboxylic acids is 1. The first kappa shape index (κ1) is 27.5. The van der Waals surface area contributed by atoms with Crippen LogP contribution in [-0.2, 0) is 10.2 Å². The Morgan fingerprint density at radius 1 is 1.15 bits per heavy atom. The van der Waals surface area contributed by atoms with Gasteiger partial charge in [0.2, 0.25) is 5.91 Å². The second-order valence-corrected chi connectivity index (χ2v) is 8.57. The number of likely N-dealkylation sites (N-methyl/N-ethyl adjacent to an activating group) is 1. The van der Waals surface area contributed by atoms with Crippen molar-refractivity contribution in [1.82, 2.24) is 10.2 Å². The van der Waals surface area contributed by atoms with E-state index in [1.54, 1.807) is 6.07 Å². The van der Waals surface area contributed by atoms with E-state index in [9.17, 15) is 32.3 Å². The van der Waals surface area contributed by atoms with E-state index in [0.717, 1.165) is 17.0 Å². The zero-order valence-corrected chi connectivity index (χ0v) is 19.5. The highest BCUT2D eigenvalue weighted by Gasteiger charge is 2.44. The smallest absolute Gasteiger partial charge is 0.405 e. The molecule has 0 saturated heterocycles. The molecule has 2 N–H and O–H groups in total. The van der Waals surface area contributed by atoms with Crippen molar-refractivity contribution in [2.45, 2.75) is 30.5 Å². The van der Waals surface area contributed by atoms with Gasteiger partial charge in [-0.05, 0) is 41.8 Å². The summed E-state index contributed by atoms with van der Waals surface area (Å²) < 4.78 is 52.2. The van der Waals surface area contributed by atoms with Crippen molar-refractivity contribution in [1.29, 1.82) is 0 Å². The Kier molecular flexibility index (Phi) is 8.96. The monoisotopic (exact) mass is 520 g/mol. The molecule has 2 aromatic rings. The fraction of sp³-hybridized carbons (Fsp3) is 0.304. The Morgan fingerprint density at radius 3 is 2.26 bits per heavy atom. The Hall–Kier alpha value is -2.78. The topological polar surface area (TPSA) is 69.6 Å². The van der Waals surface area contributed by atoms with E-state index in [2.05, 4.69) is 11.9 Å². The summed E-state index contributed by atoms with van der Waals surface area (Å²) in [4.78, 5) is 25.0. The molecule has 2 amide bonds. The first-order chi connectivity index (χ1) is 15.8. The second-order valence-electron chi connectivity index (χ2n) is 7.75. The van der Waals surface area contributed by atoms with Gasteiger partial charge in [0.15, 0.2) is 0 Å². The first-order valence-electron chi connectivity index (χ1n) is 9.91. The van der Waals surface area contributed by atoms with Gasteiger partial charge in [-0.2, -0.15) is 13.2 Å². The maximum atomic E-state index is 13.6. The van der Waals surface area contributed by atoms with Crippen LogP contribution in [0.15, 0.2) is 55.1 Å². The molecule has 0 aliphatic heterocycles. The van der Waals surface area contributed by atoms with Crippen molar-refractivity contribution >= 4 is 35.2 Å². The minimum Gasteiger partial charge on any atom is -0.465 e. The zero-order valence-electron chi connectivity index (χ0n) is 18.0. The van der Waals surface area contributed by atoms with Gasteiger partial charge in [-0.1, -0.05) is 47.5 Å². The Morgan fingerprint density at radius 2 is 1.76 bits per heavy atom. The summed E-state index contributed by atoms with van der Waals surface area (Å²) in [6.07, 6.45) is -6.40. The molecule has 0 aliphatic carbocycles. The van der Waals surface area contributed by atoms with E-state index in [4.69, 9.17) is 23.2 Å². The SMILES string of the molecule is C=CC[C@@](CN(C)C(=O)CC(F)(F)F)(c1ccc(Cl)c(Cl)c1)C(NC(=O)O)c1ccc(F)cc1. The van der Waals surface area contributed by atoms with Crippen LogP contribution in [0.1, 0.15) is 30.0 Å². The number of rotatable bonds is 9. The van der Waals surface area contributed by atoms with Crippen LogP contribution in [0.3, 0.4) is 0 Å². The van der Waals surface area contributed by atoms with Crippen molar-refractivity contribution < 1.29 is 32.3 Å². The lowest BCUT2D eigenvalue weighted by Crippen LogP contribution is -2.51. The van der Waals surface area contributed by atoms with Crippen LogP contribution in [0.25, 0.3) is 0 Å². The number of halogens is 6. The number of nitrogens with zero attached hydrogens (tertiary/aromatic N) is 1. The van der Waals surface area contributed by atoms with Crippen LogP contribution in [0.4, 0.5) is 22.4 Å². The van der Waals surface area contributed by atoms with E-state index in [0.29, 0.717) is 11.1 Å². The maximum Gasteiger partial charge on any atom is 0.405 e. The lowest BCUT2D eigenvalue weighted by atomic mass is 9.68. The number of amides is 2. The van der Waals surface area contributed by atoms with E-state index < -0.39 is 41.9 Å². The molecular formula is C23H22Cl2F4N2O3. The van der Waals surface area contributed by atoms with Gasteiger partial charge < -0.3 is 15.3 Å². The minimum atomic E-state index is -4.73. The van der Waals surface area contributed by atoms with Gasteiger partial charge >= 0.3 is 12.3 Å². The number of allylic oxidation sites excluding steroid dienone is 1. The van der Waals surface area contributed by atoms with Gasteiger partial charge in [-0.25, -0.2) is 9.18 Å². The molecule has 11 heteroatoms. The van der Waals surface area contributed by atoms with Gasteiger partial charge in [0.05, 0.1) is 16.1 Å². The number of hydrogen-bond acceptors (Lipinski definition) is 2. The molecular weight excluding hydrogens is 499 g/mol. The second kappa shape index (κ2) is 11.1. The van der Waals surface area contributed by atoms with Crippen LogP contribution in [0.5, 0.6) is 0 Å². The van der Waals surface area contributed by atoms with Gasteiger partial charge in [-0.15, -0.1) is 6.58 Å². The van der Waals surface area contributed by atoms with Gasteiger partial charge in [0, 0.05) is 19.0 Å². The molecule has 0 fully saturated rings. The summed E-state index contributed by atoms with van der Waals surface area (Å²) in [5, 5.41) is 12.3. The van der Waals surface area contributed by atoms with E-state index >= 15 is 0 Å². The van der Waals surface area contributed by atoms with Crippen LogP contribution in [0, 0.1) is 5.82 Å². The maximum absolute atomic E-state index is 13.6. The van der Waals surface area contributed by atoms with Crippen LogP contribution < -0.4 is 5.32 Å². The van der Waals surface area contributed by atoms with E-state index in [-0.39, 0.29) is 23.0 Å². The highest BCUT2D eigenvalue weighted by atomic mass is 35.5. The fourth-order valence-corrected chi connectivity index (χ4v) is 4.15. The molecule has 0 radical (unpaired) electrons. The third-order valence-electron chi connectivity index (χ3n) is 5.32. The molecule has 0 heterocycles. The average molecular weight is 521 g/mol. The number of carbonyl (C=O) groups is 2. The summed E-state index contributed by atoms with van der Waals surface area (Å²) in [6, 6.07) is 8.26. The van der Waals surface area contributed by atoms with E-state index in [1.807, 2.05) is 0 Å². The summed E-state index contributed by atoms with van der Waals surface area (Å²) in [5.74, 6) is -1.78. The van der Waals surface area contributed by atoms with Crippen LogP contribution in [-0.4, -0.2) is 41.8 Å².